The first-order valence-corrected chi connectivity index (χ1v) is 9.39. The molecule has 2 aliphatic rings. The first kappa shape index (κ1) is 16.1. The third kappa shape index (κ3) is 3.91. The van der Waals surface area contributed by atoms with Crippen molar-refractivity contribution in [1.29, 1.82) is 0 Å². The minimum absolute atomic E-state index is 0.0554. The van der Waals surface area contributed by atoms with Gasteiger partial charge in [0.05, 0.1) is 11.4 Å². The second-order valence-electron chi connectivity index (χ2n) is 6.56. The molecule has 1 N–H and O–H groups in total. The Balaban J connectivity index is 1.94. The molecule has 118 valence electrons. The molecule has 0 aromatic rings. The fraction of sp³-hybridized carbons (Fsp3) is 1.00. The molecule has 3 unspecified atom stereocenters. The van der Waals surface area contributed by atoms with Crippen LogP contribution in [0.3, 0.4) is 0 Å². The zero-order chi connectivity index (χ0) is 15.0. The molecule has 2 aliphatic carbocycles. The van der Waals surface area contributed by atoms with Crippen LogP contribution in [0.25, 0.3) is 0 Å². The molecule has 3 nitrogen and oxygen atoms in total. The van der Waals surface area contributed by atoms with E-state index in [0.717, 1.165) is 12.8 Å². The Bertz CT molecular complexity index is 426. The molecule has 0 spiro atoms. The maximum absolute atomic E-state index is 13.1. The zero-order valence-corrected chi connectivity index (χ0v) is 12.7. The van der Waals surface area contributed by atoms with E-state index in [4.69, 9.17) is 0 Å². The lowest BCUT2D eigenvalue weighted by molar-refractivity contribution is -0.0726. The quantitative estimate of drug-likeness (QED) is 0.872. The summed E-state index contributed by atoms with van der Waals surface area (Å²) in [7, 11) is -3.07. The second kappa shape index (κ2) is 5.87. The Morgan fingerprint density at radius 1 is 1.10 bits per heavy atom. The van der Waals surface area contributed by atoms with Gasteiger partial charge in [0.1, 0.15) is 9.84 Å². The minimum atomic E-state index is -3.07. The van der Waals surface area contributed by atoms with Gasteiger partial charge < -0.3 is 5.11 Å². The highest BCUT2D eigenvalue weighted by Crippen LogP contribution is 2.41. The molecule has 0 aromatic heterocycles. The van der Waals surface area contributed by atoms with Gasteiger partial charge in [-0.3, -0.25) is 0 Å². The van der Waals surface area contributed by atoms with E-state index in [1.807, 2.05) is 0 Å². The molecule has 20 heavy (non-hydrogen) atoms. The van der Waals surface area contributed by atoms with Crippen molar-refractivity contribution in [2.45, 2.75) is 68.6 Å². The highest BCUT2D eigenvalue weighted by molar-refractivity contribution is 7.91. The van der Waals surface area contributed by atoms with Crippen molar-refractivity contribution in [2.24, 2.45) is 11.8 Å². The SMILES string of the molecule is CS(=O)(=O)C1CCCC(C(O)C2CCC(F)(F)CC2)C1. The molecule has 0 saturated heterocycles. The third-order valence-corrected chi connectivity index (χ3v) is 6.64. The van der Waals surface area contributed by atoms with Crippen molar-refractivity contribution in [3.05, 3.63) is 0 Å². The molecule has 0 heterocycles. The van der Waals surface area contributed by atoms with Crippen LogP contribution in [-0.2, 0) is 9.84 Å². The van der Waals surface area contributed by atoms with E-state index in [1.54, 1.807) is 0 Å². The fourth-order valence-corrected chi connectivity index (χ4v) is 4.86. The van der Waals surface area contributed by atoms with Crippen molar-refractivity contribution in [3.63, 3.8) is 0 Å². The molecule has 2 rings (SSSR count). The van der Waals surface area contributed by atoms with Gasteiger partial charge in [0.15, 0.2) is 0 Å². The Kier molecular flexibility index (Phi) is 4.74. The lowest BCUT2D eigenvalue weighted by Crippen LogP contribution is -2.39. The largest absolute Gasteiger partial charge is 0.393 e. The maximum Gasteiger partial charge on any atom is 0.248 e. The molecule has 0 aromatic carbocycles. The lowest BCUT2D eigenvalue weighted by atomic mass is 9.74. The molecule has 0 radical (unpaired) electrons. The standard InChI is InChI=1S/C14H24F2O3S/c1-20(18,19)12-4-2-3-11(9-12)13(17)10-5-7-14(15,16)8-6-10/h10-13,17H,2-9H2,1H3. The molecule has 3 atom stereocenters. The molecule has 2 saturated carbocycles. The van der Waals surface area contributed by atoms with Gasteiger partial charge in [-0.2, -0.15) is 0 Å². The van der Waals surface area contributed by atoms with Crippen LogP contribution in [-0.4, -0.2) is 37.1 Å². The van der Waals surface area contributed by atoms with Gasteiger partial charge in [-0.1, -0.05) is 6.42 Å². The summed E-state index contributed by atoms with van der Waals surface area (Å²) in [5, 5.41) is 10.0. The smallest absolute Gasteiger partial charge is 0.248 e. The van der Waals surface area contributed by atoms with Crippen LogP contribution in [0.2, 0.25) is 0 Å². The average molecular weight is 310 g/mol. The first-order valence-electron chi connectivity index (χ1n) is 7.44. The molecular formula is C14H24F2O3S. The summed E-state index contributed by atoms with van der Waals surface area (Å²) in [5.74, 6) is -2.74. The van der Waals surface area contributed by atoms with Gasteiger partial charge in [-0.25, -0.2) is 17.2 Å². The van der Waals surface area contributed by atoms with Crippen LogP contribution in [0.5, 0.6) is 0 Å². The topological polar surface area (TPSA) is 54.4 Å². The number of aliphatic hydroxyl groups excluding tert-OH is 1. The van der Waals surface area contributed by atoms with Crippen LogP contribution < -0.4 is 0 Å². The van der Waals surface area contributed by atoms with E-state index in [2.05, 4.69) is 0 Å². The number of hydrogen-bond donors (Lipinski definition) is 1. The van der Waals surface area contributed by atoms with Crippen molar-refractivity contribution in [2.75, 3.05) is 6.26 Å². The van der Waals surface area contributed by atoms with Crippen LogP contribution in [0.15, 0.2) is 0 Å². The molecule has 6 heteroatoms. The summed E-state index contributed by atoms with van der Waals surface area (Å²) in [6.45, 7) is 0. The van der Waals surface area contributed by atoms with Crippen molar-refractivity contribution in [1.82, 2.24) is 0 Å². The lowest BCUT2D eigenvalue weighted by Gasteiger charge is -2.38. The molecule has 0 bridgehead atoms. The Morgan fingerprint density at radius 2 is 1.70 bits per heavy atom. The fourth-order valence-electron chi connectivity index (χ4n) is 3.67. The van der Waals surface area contributed by atoms with Gasteiger partial charge in [-0.05, 0) is 43.9 Å². The summed E-state index contributed by atoms with van der Waals surface area (Å²) in [4.78, 5) is 0. The first-order chi connectivity index (χ1) is 9.19. The summed E-state index contributed by atoms with van der Waals surface area (Å²) in [6, 6.07) is 0. The number of rotatable bonds is 3. The number of halogens is 2. The highest BCUT2D eigenvalue weighted by Gasteiger charge is 2.41. The van der Waals surface area contributed by atoms with E-state index in [0.29, 0.717) is 25.7 Å². The van der Waals surface area contributed by atoms with Crippen molar-refractivity contribution >= 4 is 9.84 Å². The van der Waals surface area contributed by atoms with Crippen molar-refractivity contribution < 1.29 is 22.3 Å². The Morgan fingerprint density at radius 3 is 2.25 bits per heavy atom. The predicted octanol–water partition coefficient (Wildman–Crippen LogP) is 2.78. The van der Waals surface area contributed by atoms with Crippen LogP contribution >= 0.6 is 0 Å². The summed E-state index contributed by atoms with van der Waals surface area (Å²) in [5.41, 5.74) is 0. The van der Waals surface area contributed by atoms with E-state index >= 15 is 0 Å². The molecule has 2 fully saturated rings. The monoisotopic (exact) mass is 310 g/mol. The number of sulfone groups is 1. The molecule has 0 amide bonds. The van der Waals surface area contributed by atoms with E-state index in [9.17, 15) is 22.3 Å². The summed E-state index contributed by atoms with van der Waals surface area (Å²) >= 11 is 0. The molecular weight excluding hydrogens is 286 g/mol. The number of alkyl halides is 2. The number of aliphatic hydroxyl groups is 1. The van der Waals surface area contributed by atoms with Crippen LogP contribution in [0, 0.1) is 11.8 Å². The Labute approximate surface area is 119 Å². The zero-order valence-electron chi connectivity index (χ0n) is 11.9. The third-order valence-electron chi connectivity index (χ3n) is 5.00. The summed E-state index contributed by atoms with van der Waals surface area (Å²) < 4.78 is 49.6. The van der Waals surface area contributed by atoms with Gasteiger partial charge in [-0.15, -0.1) is 0 Å². The van der Waals surface area contributed by atoms with Gasteiger partial charge >= 0.3 is 0 Å². The van der Waals surface area contributed by atoms with E-state index in [1.165, 1.54) is 6.26 Å². The van der Waals surface area contributed by atoms with E-state index in [-0.39, 0.29) is 29.9 Å². The summed E-state index contributed by atoms with van der Waals surface area (Å²) in [6.07, 6.45) is 3.72. The van der Waals surface area contributed by atoms with E-state index < -0.39 is 21.9 Å². The normalized spacial score (nSPS) is 33.8. The van der Waals surface area contributed by atoms with Gasteiger partial charge in [0, 0.05) is 19.1 Å². The van der Waals surface area contributed by atoms with Crippen LogP contribution in [0.1, 0.15) is 51.4 Å². The predicted molar refractivity (Wildman–Crippen MR) is 73.5 cm³/mol. The Hall–Kier alpha value is -0.230. The van der Waals surface area contributed by atoms with Crippen molar-refractivity contribution in [3.8, 4) is 0 Å². The maximum atomic E-state index is 13.1. The van der Waals surface area contributed by atoms with Gasteiger partial charge in [0.25, 0.3) is 0 Å². The van der Waals surface area contributed by atoms with Crippen LogP contribution in [0.4, 0.5) is 8.78 Å². The minimum Gasteiger partial charge on any atom is -0.393 e. The second-order valence-corrected chi connectivity index (χ2v) is 8.89. The molecule has 0 aliphatic heterocycles. The van der Waals surface area contributed by atoms with Gasteiger partial charge in [0.2, 0.25) is 5.92 Å². The number of hydrogen-bond acceptors (Lipinski definition) is 3. The highest BCUT2D eigenvalue weighted by atomic mass is 32.2. The average Bonchev–Trinajstić information content (AvgIpc) is 2.37.